The Hall–Kier alpha value is -1.36. The van der Waals surface area contributed by atoms with Crippen LogP contribution in [0.15, 0.2) is 12.2 Å². The second-order valence-corrected chi connectivity index (χ2v) is 2.52. The summed E-state index contributed by atoms with van der Waals surface area (Å²) in [7, 11) is 0. The summed E-state index contributed by atoms with van der Waals surface area (Å²) < 4.78 is 4.23. The number of allylic oxidation sites excluding steroid dienone is 1. The van der Waals surface area contributed by atoms with Gasteiger partial charge in [0, 0.05) is 13.0 Å². The standard InChI is InChI=1S/C8H12O5/c1-3-4-5-6(9)13-8(2,12)7(10)11/h4-5,12H,3H2,1-2H3,(H,10,11). The third-order valence-electron chi connectivity index (χ3n) is 1.19. The van der Waals surface area contributed by atoms with Gasteiger partial charge in [-0.1, -0.05) is 13.0 Å². The summed E-state index contributed by atoms with van der Waals surface area (Å²) in [6.45, 7) is 2.69. The first-order valence-electron chi connectivity index (χ1n) is 3.75. The SMILES string of the molecule is CCC=CC(=O)OC(C)(O)C(=O)O. The van der Waals surface area contributed by atoms with Crippen LogP contribution in [0.5, 0.6) is 0 Å². The summed E-state index contributed by atoms with van der Waals surface area (Å²) in [5.74, 6) is -4.95. The minimum Gasteiger partial charge on any atom is -0.476 e. The Morgan fingerprint density at radius 3 is 2.46 bits per heavy atom. The van der Waals surface area contributed by atoms with Crippen LogP contribution >= 0.6 is 0 Å². The van der Waals surface area contributed by atoms with Crippen LogP contribution < -0.4 is 0 Å². The molecule has 0 aromatic carbocycles. The Morgan fingerprint density at radius 2 is 2.08 bits per heavy atom. The van der Waals surface area contributed by atoms with Crippen LogP contribution in [-0.2, 0) is 14.3 Å². The molecule has 0 fully saturated rings. The molecule has 0 amide bonds. The van der Waals surface area contributed by atoms with Crippen LogP contribution in [0.3, 0.4) is 0 Å². The zero-order valence-electron chi connectivity index (χ0n) is 7.48. The van der Waals surface area contributed by atoms with Gasteiger partial charge in [-0.25, -0.2) is 9.59 Å². The fourth-order valence-electron chi connectivity index (χ4n) is 0.488. The first-order chi connectivity index (χ1) is 5.90. The van der Waals surface area contributed by atoms with Crippen molar-refractivity contribution in [3.8, 4) is 0 Å². The lowest BCUT2D eigenvalue weighted by molar-refractivity contribution is -0.214. The smallest absolute Gasteiger partial charge is 0.376 e. The summed E-state index contributed by atoms with van der Waals surface area (Å²) in [5, 5.41) is 17.3. The number of aliphatic carboxylic acids is 1. The topological polar surface area (TPSA) is 83.8 Å². The Balaban J connectivity index is 4.20. The average molecular weight is 188 g/mol. The van der Waals surface area contributed by atoms with E-state index in [2.05, 4.69) is 4.74 Å². The highest BCUT2D eigenvalue weighted by Crippen LogP contribution is 2.06. The van der Waals surface area contributed by atoms with E-state index in [-0.39, 0.29) is 0 Å². The largest absolute Gasteiger partial charge is 0.476 e. The number of carbonyl (C=O) groups is 2. The van der Waals surface area contributed by atoms with Crippen LogP contribution in [0.25, 0.3) is 0 Å². The van der Waals surface area contributed by atoms with Gasteiger partial charge in [0.05, 0.1) is 0 Å². The van der Waals surface area contributed by atoms with E-state index < -0.39 is 17.7 Å². The zero-order chi connectivity index (χ0) is 10.5. The predicted octanol–water partition coefficient (Wildman–Crippen LogP) is 0.289. The Bertz CT molecular complexity index is 229. The molecule has 2 N–H and O–H groups in total. The second-order valence-electron chi connectivity index (χ2n) is 2.52. The van der Waals surface area contributed by atoms with Crippen LogP contribution in [0, 0.1) is 0 Å². The Labute approximate surface area is 75.6 Å². The van der Waals surface area contributed by atoms with Crippen molar-refractivity contribution in [1.82, 2.24) is 0 Å². The highest BCUT2D eigenvalue weighted by atomic mass is 16.7. The molecule has 5 heteroatoms. The van der Waals surface area contributed by atoms with Crippen molar-refractivity contribution in [2.75, 3.05) is 0 Å². The predicted molar refractivity (Wildman–Crippen MR) is 43.8 cm³/mol. The molecule has 0 aliphatic carbocycles. The van der Waals surface area contributed by atoms with Crippen molar-refractivity contribution in [2.45, 2.75) is 26.1 Å². The number of rotatable bonds is 4. The molecular weight excluding hydrogens is 176 g/mol. The van der Waals surface area contributed by atoms with Crippen LogP contribution in [0.2, 0.25) is 0 Å². The van der Waals surface area contributed by atoms with Gasteiger partial charge in [-0.3, -0.25) is 0 Å². The molecule has 0 rings (SSSR count). The monoisotopic (exact) mass is 188 g/mol. The molecule has 0 spiro atoms. The summed E-state index contributed by atoms with van der Waals surface area (Å²) >= 11 is 0. The minimum atomic E-state index is -2.46. The van der Waals surface area contributed by atoms with Crippen LogP contribution in [-0.4, -0.2) is 27.9 Å². The van der Waals surface area contributed by atoms with Gasteiger partial charge in [0.15, 0.2) is 0 Å². The fraction of sp³-hybridized carbons (Fsp3) is 0.500. The Morgan fingerprint density at radius 1 is 1.54 bits per heavy atom. The minimum absolute atomic E-state index is 0.629. The van der Waals surface area contributed by atoms with E-state index in [1.165, 1.54) is 6.08 Å². The molecule has 0 saturated carbocycles. The highest BCUT2D eigenvalue weighted by Gasteiger charge is 2.33. The number of carbonyl (C=O) groups excluding carboxylic acids is 1. The van der Waals surface area contributed by atoms with E-state index in [4.69, 9.17) is 10.2 Å². The molecule has 0 bridgehead atoms. The lowest BCUT2D eigenvalue weighted by Crippen LogP contribution is -2.39. The molecule has 0 aromatic rings. The van der Waals surface area contributed by atoms with Crippen molar-refractivity contribution in [3.63, 3.8) is 0 Å². The molecule has 13 heavy (non-hydrogen) atoms. The average Bonchev–Trinajstić information content (AvgIpc) is 1.99. The Kier molecular flexibility index (Phi) is 4.13. The summed E-state index contributed by atoms with van der Waals surface area (Å²) in [6.07, 6.45) is 3.20. The zero-order valence-corrected chi connectivity index (χ0v) is 7.48. The first-order valence-corrected chi connectivity index (χ1v) is 3.75. The number of esters is 1. The van der Waals surface area contributed by atoms with E-state index in [0.717, 1.165) is 13.0 Å². The maximum absolute atomic E-state index is 10.8. The molecule has 1 atom stereocenters. The van der Waals surface area contributed by atoms with E-state index in [9.17, 15) is 9.59 Å². The van der Waals surface area contributed by atoms with E-state index >= 15 is 0 Å². The van der Waals surface area contributed by atoms with Crippen molar-refractivity contribution in [2.24, 2.45) is 0 Å². The van der Waals surface area contributed by atoms with E-state index in [0.29, 0.717) is 6.42 Å². The molecule has 0 aliphatic heterocycles. The maximum Gasteiger partial charge on any atom is 0.376 e. The lowest BCUT2D eigenvalue weighted by atomic mass is 10.3. The number of carboxylic acids is 1. The second kappa shape index (κ2) is 4.61. The number of hydrogen-bond donors (Lipinski definition) is 2. The van der Waals surface area contributed by atoms with Crippen molar-refractivity contribution < 1.29 is 24.5 Å². The molecule has 0 heterocycles. The van der Waals surface area contributed by atoms with Gasteiger partial charge in [0.1, 0.15) is 0 Å². The van der Waals surface area contributed by atoms with Gasteiger partial charge in [0.2, 0.25) is 0 Å². The van der Waals surface area contributed by atoms with Crippen molar-refractivity contribution >= 4 is 11.9 Å². The van der Waals surface area contributed by atoms with Gasteiger partial charge in [-0.05, 0) is 6.42 Å². The molecule has 0 aliphatic rings. The quantitative estimate of drug-likeness (QED) is 0.376. The van der Waals surface area contributed by atoms with Gasteiger partial charge >= 0.3 is 17.7 Å². The highest BCUT2D eigenvalue weighted by molar-refractivity contribution is 5.85. The van der Waals surface area contributed by atoms with Crippen LogP contribution in [0.1, 0.15) is 20.3 Å². The summed E-state index contributed by atoms with van der Waals surface area (Å²) in [4.78, 5) is 21.1. The van der Waals surface area contributed by atoms with Crippen molar-refractivity contribution in [1.29, 1.82) is 0 Å². The lowest BCUT2D eigenvalue weighted by Gasteiger charge is -2.16. The van der Waals surface area contributed by atoms with Gasteiger partial charge in [-0.2, -0.15) is 0 Å². The third-order valence-corrected chi connectivity index (χ3v) is 1.19. The fourth-order valence-corrected chi connectivity index (χ4v) is 0.488. The summed E-state index contributed by atoms with van der Waals surface area (Å²) in [6, 6.07) is 0. The number of hydrogen-bond acceptors (Lipinski definition) is 4. The number of carboxylic acid groups (broad SMARTS) is 1. The third kappa shape index (κ3) is 4.27. The van der Waals surface area contributed by atoms with E-state index in [1.54, 1.807) is 6.92 Å². The number of ether oxygens (including phenoxy) is 1. The number of aliphatic hydroxyl groups is 1. The molecule has 0 saturated heterocycles. The van der Waals surface area contributed by atoms with Crippen molar-refractivity contribution in [3.05, 3.63) is 12.2 Å². The van der Waals surface area contributed by atoms with Gasteiger partial charge < -0.3 is 14.9 Å². The van der Waals surface area contributed by atoms with Gasteiger partial charge in [-0.15, -0.1) is 0 Å². The first kappa shape index (κ1) is 11.6. The molecule has 1 unspecified atom stereocenters. The molecule has 0 aromatic heterocycles. The molecule has 74 valence electrons. The van der Waals surface area contributed by atoms with Crippen LogP contribution in [0.4, 0.5) is 0 Å². The normalized spacial score (nSPS) is 15.3. The van der Waals surface area contributed by atoms with E-state index in [1.807, 2.05) is 0 Å². The molecular formula is C8H12O5. The summed E-state index contributed by atoms with van der Waals surface area (Å²) in [5.41, 5.74) is 0. The molecule has 0 radical (unpaired) electrons. The molecule has 5 nitrogen and oxygen atoms in total. The maximum atomic E-state index is 10.8. The van der Waals surface area contributed by atoms with Gasteiger partial charge in [0.25, 0.3) is 0 Å².